The van der Waals surface area contributed by atoms with Crippen molar-refractivity contribution in [1.82, 2.24) is 4.90 Å². The zero-order chi connectivity index (χ0) is 23.9. The summed E-state index contributed by atoms with van der Waals surface area (Å²) in [7, 11) is 3.02. The van der Waals surface area contributed by atoms with Crippen molar-refractivity contribution in [3.05, 3.63) is 29.3 Å². The molecule has 1 aromatic rings. The lowest BCUT2D eigenvalue weighted by Gasteiger charge is -2.57. The molecule has 6 N–H and O–H groups in total. The van der Waals surface area contributed by atoms with Gasteiger partial charge in [-0.2, -0.15) is 0 Å². The van der Waals surface area contributed by atoms with Gasteiger partial charge in [-0.3, -0.25) is 19.2 Å². The third-order valence-electron chi connectivity index (χ3n) is 7.58. The van der Waals surface area contributed by atoms with E-state index in [1.807, 2.05) is 0 Å². The van der Waals surface area contributed by atoms with Gasteiger partial charge in [0.15, 0.2) is 23.0 Å². The third kappa shape index (κ3) is 2.60. The molecule has 0 aromatic heterocycles. The van der Waals surface area contributed by atoms with E-state index >= 15 is 0 Å². The summed E-state index contributed by atoms with van der Waals surface area (Å²) in [4.78, 5) is 53.6. The van der Waals surface area contributed by atoms with E-state index in [9.17, 15) is 39.6 Å². The van der Waals surface area contributed by atoms with Crippen LogP contribution in [0.5, 0.6) is 5.75 Å². The molecule has 3 aliphatic carbocycles. The monoisotopic (exact) mass is 446 g/mol. The van der Waals surface area contributed by atoms with Crippen LogP contribution in [0.1, 0.15) is 28.8 Å². The van der Waals surface area contributed by atoms with Gasteiger partial charge >= 0.3 is 0 Å². The fourth-order valence-corrected chi connectivity index (χ4v) is 6.17. The van der Waals surface area contributed by atoms with Gasteiger partial charge in [0.2, 0.25) is 5.91 Å². The maximum absolute atomic E-state index is 13.7. The summed E-state index contributed by atoms with van der Waals surface area (Å²) in [5.74, 6) is -11.5. The van der Waals surface area contributed by atoms with Gasteiger partial charge in [0.1, 0.15) is 11.7 Å². The summed E-state index contributed by atoms with van der Waals surface area (Å²) in [5.41, 5.74) is 2.74. The van der Waals surface area contributed by atoms with E-state index in [0.717, 1.165) is 0 Å². The Morgan fingerprint density at radius 2 is 1.72 bits per heavy atom. The minimum Gasteiger partial charge on any atom is -0.507 e. The molecule has 0 saturated heterocycles. The van der Waals surface area contributed by atoms with Crippen LogP contribution in [0.3, 0.4) is 0 Å². The number of phenols is 1. The molecule has 9 atom stereocenters. The summed E-state index contributed by atoms with van der Waals surface area (Å²) in [5, 5.41) is 44.0. The lowest BCUT2D eigenvalue weighted by molar-refractivity contribution is -0.208. The molecule has 32 heavy (non-hydrogen) atoms. The van der Waals surface area contributed by atoms with Crippen LogP contribution in [0, 0.1) is 23.7 Å². The Labute approximate surface area is 183 Å². The van der Waals surface area contributed by atoms with Crippen LogP contribution >= 0.6 is 0 Å². The number of hydrogen-bond donors (Lipinski definition) is 5. The second kappa shape index (κ2) is 7.17. The minimum atomic E-state index is -2.91. The molecule has 172 valence electrons. The fraction of sp³-hybridized carbons (Fsp3) is 0.545. The number of Topliss-reactive ketones (excluding diaryl/α,β-unsaturated/α-hetero) is 3. The van der Waals surface area contributed by atoms with Crippen molar-refractivity contribution in [1.29, 1.82) is 0 Å². The minimum absolute atomic E-state index is 0.0947. The van der Waals surface area contributed by atoms with Crippen molar-refractivity contribution in [2.24, 2.45) is 29.4 Å². The van der Waals surface area contributed by atoms with Crippen molar-refractivity contribution in [3.8, 4) is 5.75 Å². The number of nitrogens with two attached hydrogens (primary N) is 1. The average Bonchev–Trinajstić information content (AvgIpc) is 2.70. The highest BCUT2D eigenvalue weighted by Gasteiger charge is 2.72. The van der Waals surface area contributed by atoms with Crippen LogP contribution in [0.4, 0.5) is 0 Å². The predicted octanol–water partition coefficient (Wildman–Crippen LogP) is -1.81. The SMILES string of the molecule is C[C@H]1c2cccc(O)c2C(=O)C2C(=O)[C@]3(O)C(=O)C(C(N)=O)C(O)[C@@H](N(C)C)[C@@H]3[C@@H](O)[C@@H]21. The molecule has 3 unspecified atom stereocenters. The lowest BCUT2D eigenvalue weighted by atomic mass is 9.49. The number of aliphatic hydroxyl groups is 3. The quantitative estimate of drug-likeness (QED) is 0.327. The Balaban J connectivity index is 1.95. The summed E-state index contributed by atoms with van der Waals surface area (Å²) >= 11 is 0. The summed E-state index contributed by atoms with van der Waals surface area (Å²) in [6.45, 7) is 1.68. The molecule has 4 rings (SSSR count). The molecule has 1 aromatic carbocycles. The van der Waals surface area contributed by atoms with Gasteiger partial charge in [-0.1, -0.05) is 19.1 Å². The van der Waals surface area contributed by atoms with Gasteiger partial charge in [-0.05, 0) is 31.6 Å². The zero-order valence-electron chi connectivity index (χ0n) is 17.8. The smallest absolute Gasteiger partial charge is 0.230 e. The first-order valence-corrected chi connectivity index (χ1v) is 10.4. The van der Waals surface area contributed by atoms with Crippen molar-refractivity contribution in [2.75, 3.05) is 14.1 Å². The maximum atomic E-state index is 13.7. The number of aromatic hydroxyl groups is 1. The number of nitrogens with zero attached hydrogens (tertiary/aromatic N) is 1. The topological polar surface area (TPSA) is 178 Å². The number of benzene rings is 1. The van der Waals surface area contributed by atoms with Gasteiger partial charge in [-0.25, -0.2) is 0 Å². The van der Waals surface area contributed by atoms with E-state index in [2.05, 4.69) is 0 Å². The molecule has 3 aliphatic rings. The first kappa shape index (κ1) is 22.5. The van der Waals surface area contributed by atoms with Crippen LogP contribution in [0.25, 0.3) is 0 Å². The van der Waals surface area contributed by atoms with Crippen molar-refractivity contribution < 1.29 is 39.6 Å². The van der Waals surface area contributed by atoms with Crippen LogP contribution in [-0.4, -0.2) is 86.5 Å². The first-order chi connectivity index (χ1) is 14.9. The highest BCUT2D eigenvalue weighted by molar-refractivity contribution is 6.25. The number of primary amides is 1. The molecular formula is C22H26N2O8. The van der Waals surface area contributed by atoms with E-state index < -0.39 is 76.7 Å². The summed E-state index contributed by atoms with van der Waals surface area (Å²) in [6.07, 6.45) is -3.23. The van der Waals surface area contributed by atoms with E-state index in [4.69, 9.17) is 5.73 Å². The van der Waals surface area contributed by atoms with Crippen LogP contribution < -0.4 is 5.73 Å². The zero-order valence-corrected chi connectivity index (χ0v) is 17.8. The van der Waals surface area contributed by atoms with Gasteiger partial charge in [-0.15, -0.1) is 0 Å². The molecule has 0 spiro atoms. The molecule has 2 fully saturated rings. The third-order valence-corrected chi connectivity index (χ3v) is 7.58. The molecule has 10 nitrogen and oxygen atoms in total. The van der Waals surface area contributed by atoms with Gasteiger partial charge < -0.3 is 31.1 Å². The standard InChI is InChI=1S/C22H26N2O8/c1-7-8-5-4-6-9(25)11(8)16(26)12-10(7)17(27)14-15(24(2)3)18(28)13(21(23)31)20(30)22(14,32)19(12)29/h4-7,10,12-15,17-18,25,27-28,32H,1-3H3,(H2,23,31)/t7-,10+,12?,13?,14+,15-,17-,18?,22-/m0/s1. The molecule has 0 aliphatic heterocycles. The van der Waals surface area contributed by atoms with E-state index in [1.165, 1.54) is 25.1 Å². The molecule has 0 bridgehead atoms. The largest absolute Gasteiger partial charge is 0.507 e. The van der Waals surface area contributed by atoms with Gasteiger partial charge in [0.05, 0.1) is 23.7 Å². The summed E-state index contributed by atoms with van der Waals surface area (Å²) < 4.78 is 0. The number of hydrogen-bond acceptors (Lipinski definition) is 9. The number of fused-ring (bicyclic) bond motifs is 3. The van der Waals surface area contributed by atoms with Gasteiger partial charge in [0, 0.05) is 17.9 Å². The fourth-order valence-electron chi connectivity index (χ4n) is 6.17. The van der Waals surface area contributed by atoms with Crippen molar-refractivity contribution in [2.45, 2.75) is 36.7 Å². The second-order valence-corrected chi connectivity index (χ2v) is 9.29. The Kier molecular flexibility index (Phi) is 5.05. The van der Waals surface area contributed by atoms with Crippen LogP contribution in [0.15, 0.2) is 18.2 Å². The van der Waals surface area contributed by atoms with E-state index in [-0.39, 0.29) is 11.3 Å². The molecule has 10 heteroatoms. The second-order valence-electron chi connectivity index (χ2n) is 9.29. The number of amides is 1. The molecule has 2 saturated carbocycles. The Hall–Kier alpha value is -2.66. The Bertz CT molecular complexity index is 1040. The molecule has 0 heterocycles. The Morgan fingerprint density at radius 1 is 1.09 bits per heavy atom. The first-order valence-electron chi connectivity index (χ1n) is 10.4. The summed E-state index contributed by atoms with van der Waals surface area (Å²) in [6, 6.07) is 3.26. The maximum Gasteiger partial charge on any atom is 0.230 e. The van der Waals surface area contributed by atoms with Crippen LogP contribution in [-0.2, 0) is 14.4 Å². The lowest BCUT2D eigenvalue weighted by Crippen LogP contribution is -2.78. The number of carbonyl (C=O) groups excluding carboxylic acids is 4. The number of rotatable bonds is 2. The predicted molar refractivity (Wildman–Crippen MR) is 108 cm³/mol. The van der Waals surface area contributed by atoms with Crippen molar-refractivity contribution in [3.63, 3.8) is 0 Å². The van der Waals surface area contributed by atoms with E-state index in [0.29, 0.717) is 5.56 Å². The highest BCUT2D eigenvalue weighted by Crippen LogP contribution is 2.54. The molecular weight excluding hydrogens is 420 g/mol. The number of phenolic OH excluding ortho intramolecular Hbond substituents is 1. The normalized spacial score (nSPS) is 41.2. The van der Waals surface area contributed by atoms with E-state index in [1.54, 1.807) is 19.1 Å². The van der Waals surface area contributed by atoms with Crippen LogP contribution in [0.2, 0.25) is 0 Å². The molecule has 1 amide bonds. The number of aliphatic hydroxyl groups excluding tert-OH is 2. The number of carbonyl (C=O) groups is 4. The Morgan fingerprint density at radius 3 is 2.28 bits per heavy atom. The number of likely N-dealkylation sites (N-methyl/N-ethyl adjacent to an activating group) is 1. The van der Waals surface area contributed by atoms with Gasteiger partial charge in [0.25, 0.3) is 0 Å². The average molecular weight is 446 g/mol. The van der Waals surface area contributed by atoms with Crippen molar-refractivity contribution >= 4 is 23.3 Å². The number of ketones is 3. The molecule has 0 radical (unpaired) electrons. The highest BCUT2D eigenvalue weighted by atomic mass is 16.3.